The summed E-state index contributed by atoms with van der Waals surface area (Å²) in [7, 11) is 0. The lowest BCUT2D eigenvalue weighted by Gasteiger charge is -2.12. The van der Waals surface area contributed by atoms with Crippen LogP contribution in [0.5, 0.6) is 0 Å². The zero-order valence-corrected chi connectivity index (χ0v) is 12.6. The van der Waals surface area contributed by atoms with Gasteiger partial charge in [-0.25, -0.2) is 0 Å². The lowest BCUT2D eigenvalue weighted by atomic mass is 10.00. The van der Waals surface area contributed by atoms with Crippen molar-refractivity contribution in [2.45, 2.75) is 46.6 Å². The smallest absolute Gasteiger partial charge is 0.0494 e. The number of benzene rings is 1. The third kappa shape index (κ3) is 4.96. The second-order valence-electron chi connectivity index (χ2n) is 5.93. The van der Waals surface area contributed by atoms with E-state index in [0.29, 0.717) is 0 Å². The first-order valence-electron chi connectivity index (χ1n) is 7.52. The van der Waals surface area contributed by atoms with E-state index < -0.39 is 0 Å². The van der Waals surface area contributed by atoms with E-state index in [1.54, 1.807) is 0 Å². The Kier molecular flexibility index (Phi) is 5.41. The predicted molar refractivity (Wildman–Crippen MR) is 80.5 cm³/mol. The molecule has 1 saturated carbocycles. The summed E-state index contributed by atoms with van der Waals surface area (Å²) in [5.41, 5.74) is 5.60. The minimum absolute atomic E-state index is 0.880. The van der Waals surface area contributed by atoms with Gasteiger partial charge in [-0.05, 0) is 69.2 Å². The fourth-order valence-electron chi connectivity index (χ4n) is 2.54. The standard InChI is InChI=1S/C17H27NO/c1-13-9-14(2)17(15(3)10-13)11-18-7-4-8-19-12-16-5-6-16/h9-10,16,18H,4-8,11-12H2,1-3H3. The van der Waals surface area contributed by atoms with E-state index in [4.69, 9.17) is 4.74 Å². The minimum Gasteiger partial charge on any atom is -0.381 e. The van der Waals surface area contributed by atoms with Crippen LogP contribution < -0.4 is 5.32 Å². The molecule has 1 fully saturated rings. The quantitative estimate of drug-likeness (QED) is 0.723. The summed E-state index contributed by atoms with van der Waals surface area (Å²) in [5.74, 6) is 0.880. The molecule has 106 valence electrons. The molecule has 1 aliphatic carbocycles. The van der Waals surface area contributed by atoms with Crippen molar-refractivity contribution in [3.63, 3.8) is 0 Å². The lowest BCUT2D eigenvalue weighted by molar-refractivity contribution is 0.122. The molecule has 0 aliphatic heterocycles. The third-order valence-electron chi connectivity index (χ3n) is 3.83. The summed E-state index contributed by atoms with van der Waals surface area (Å²) in [5, 5.41) is 3.53. The van der Waals surface area contributed by atoms with E-state index in [0.717, 1.165) is 38.6 Å². The zero-order chi connectivity index (χ0) is 13.7. The van der Waals surface area contributed by atoms with Gasteiger partial charge in [0.25, 0.3) is 0 Å². The van der Waals surface area contributed by atoms with Gasteiger partial charge in [0.05, 0.1) is 0 Å². The molecule has 0 radical (unpaired) electrons. The molecule has 0 bridgehead atoms. The van der Waals surface area contributed by atoms with Crippen LogP contribution in [-0.4, -0.2) is 19.8 Å². The largest absolute Gasteiger partial charge is 0.381 e. The molecule has 1 aromatic rings. The Bertz CT molecular complexity index is 387. The van der Waals surface area contributed by atoms with E-state index in [1.165, 1.54) is 35.1 Å². The summed E-state index contributed by atoms with van der Waals surface area (Å²) in [6, 6.07) is 4.53. The van der Waals surface area contributed by atoms with Crippen LogP contribution in [-0.2, 0) is 11.3 Å². The summed E-state index contributed by atoms with van der Waals surface area (Å²) in [6.07, 6.45) is 3.87. The van der Waals surface area contributed by atoms with Crippen molar-refractivity contribution in [1.82, 2.24) is 5.32 Å². The Morgan fingerprint density at radius 1 is 1.16 bits per heavy atom. The summed E-state index contributed by atoms with van der Waals surface area (Å²) in [6.45, 7) is 10.5. The SMILES string of the molecule is Cc1cc(C)c(CNCCCOCC2CC2)c(C)c1. The predicted octanol–water partition coefficient (Wildman–Crippen LogP) is 3.52. The van der Waals surface area contributed by atoms with Crippen molar-refractivity contribution >= 4 is 0 Å². The van der Waals surface area contributed by atoms with Gasteiger partial charge in [0, 0.05) is 19.8 Å². The first kappa shape index (κ1) is 14.5. The van der Waals surface area contributed by atoms with Gasteiger partial charge < -0.3 is 10.1 Å². The van der Waals surface area contributed by atoms with E-state index in [-0.39, 0.29) is 0 Å². The second-order valence-corrected chi connectivity index (χ2v) is 5.93. The zero-order valence-electron chi connectivity index (χ0n) is 12.6. The Labute approximate surface area is 117 Å². The van der Waals surface area contributed by atoms with Crippen LogP contribution in [0.4, 0.5) is 0 Å². The third-order valence-corrected chi connectivity index (χ3v) is 3.83. The van der Waals surface area contributed by atoms with Crippen LogP contribution in [0.15, 0.2) is 12.1 Å². The Hall–Kier alpha value is -0.860. The fraction of sp³-hybridized carbons (Fsp3) is 0.647. The molecule has 0 saturated heterocycles. The highest BCUT2D eigenvalue weighted by Crippen LogP contribution is 2.28. The van der Waals surface area contributed by atoms with Crippen molar-refractivity contribution in [1.29, 1.82) is 0 Å². The van der Waals surface area contributed by atoms with Gasteiger partial charge >= 0.3 is 0 Å². The number of rotatable bonds is 8. The van der Waals surface area contributed by atoms with E-state index in [1.807, 2.05) is 0 Å². The molecule has 2 nitrogen and oxygen atoms in total. The number of ether oxygens (including phenoxy) is 1. The maximum absolute atomic E-state index is 5.63. The maximum Gasteiger partial charge on any atom is 0.0494 e. The van der Waals surface area contributed by atoms with Crippen LogP contribution in [0, 0.1) is 26.7 Å². The van der Waals surface area contributed by atoms with Crippen molar-refractivity contribution in [2.75, 3.05) is 19.8 Å². The van der Waals surface area contributed by atoms with Crippen LogP contribution in [0.2, 0.25) is 0 Å². The van der Waals surface area contributed by atoms with Gasteiger partial charge in [-0.1, -0.05) is 17.7 Å². The Morgan fingerprint density at radius 3 is 2.47 bits per heavy atom. The molecular formula is C17H27NO. The van der Waals surface area contributed by atoms with Crippen LogP contribution >= 0.6 is 0 Å². The molecule has 19 heavy (non-hydrogen) atoms. The number of hydrogen-bond donors (Lipinski definition) is 1. The maximum atomic E-state index is 5.63. The highest BCUT2D eigenvalue weighted by atomic mass is 16.5. The van der Waals surface area contributed by atoms with Crippen LogP contribution in [0.3, 0.4) is 0 Å². The van der Waals surface area contributed by atoms with Crippen molar-refractivity contribution in [3.05, 3.63) is 34.4 Å². The molecule has 1 aromatic carbocycles. The lowest BCUT2D eigenvalue weighted by Crippen LogP contribution is -2.18. The van der Waals surface area contributed by atoms with Gasteiger partial charge in [-0.15, -0.1) is 0 Å². The van der Waals surface area contributed by atoms with Gasteiger partial charge in [0.15, 0.2) is 0 Å². The number of nitrogens with one attached hydrogen (secondary N) is 1. The summed E-state index contributed by atoms with van der Waals surface area (Å²) in [4.78, 5) is 0. The van der Waals surface area contributed by atoms with Gasteiger partial charge in [-0.2, -0.15) is 0 Å². The molecule has 1 aliphatic rings. The van der Waals surface area contributed by atoms with Crippen molar-refractivity contribution in [2.24, 2.45) is 5.92 Å². The molecule has 0 unspecified atom stereocenters. The Morgan fingerprint density at radius 2 is 1.84 bits per heavy atom. The molecule has 0 spiro atoms. The van der Waals surface area contributed by atoms with E-state index >= 15 is 0 Å². The van der Waals surface area contributed by atoms with E-state index in [2.05, 4.69) is 38.2 Å². The van der Waals surface area contributed by atoms with Crippen molar-refractivity contribution in [3.8, 4) is 0 Å². The van der Waals surface area contributed by atoms with Gasteiger partial charge in [0.1, 0.15) is 0 Å². The minimum atomic E-state index is 0.880. The van der Waals surface area contributed by atoms with Gasteiger partial charge in [0.2, 0.25) is 0 Å². The van der Waals surface area contributed by atoms with Crippen molar-refractivity contribution < 1.29 is 4.74 Å². The summed E-state index contributed by atoms with van der Waals surface area (Å²) >= 11 is 0. The van der Waals surface area contributed by atoms with Gasteiger partial charge in [-0.3, -0.25) is 0 Å². The monoisotopic (exact) mass is 261 g/mol. The number of hydrogen-bond acceptors (Lipinski definition) is 2. The second kappa shape index (κ2) is 7.06. The topological polar surface area (TPSA) is 21.3 Å². The first-order chi connectivity index (χ1) is 9.16. The molecule has 1 N–H and O–H groups in total. The summed E-state index contributed by atoms with van der Waals surface area (Å²) < 4.78 is 5.63. The average molecular weight is 261 g/mol. The van der Waals surface area contributed by atoms with Crippen LogP contribution in [0.1, 0.15) is 41.5 Å². The first-order valence-corrected chi connectivity index (χ1v) is 7.52. The molecule has 0 aromatic heterocycles. The Balaban J connectivity index is 1.62. The van der Waals surface area contributed by atoms with E-state index in [9.17, 15) is 0 Å². The van der Waals surface area contributed by atoms with Crippen LogP contribution in [0.25, 0.3) is 0 Å². The molecule has 2 heteroatoms. The highest BCUT2D eigenvalue weighted by Gasteiger charge is 2.20. The molecule has 0 amide bonds. The molecule has 2 rings (SSSR count). The number of aryl methyl sites for hydroxylation is 3. The molecule has 0 heterocycles. The normalized spacial score (nSPS) is 14.9. The molecule has 0 atom stereocenters. The molecular weight excluding hydrogens is 234 g/mol. The highest BCUT2D eigenvalue weighted by molar-refractivity contribution is 5.37. The fourth-order valence-corrected chi connectivity index (χ4v) is 2.54. The average Bonchev–Trinajstić information content (AvgIpc) is 3.14.